The van der Waals surface area contributed by atoms with E-state index in [1.54, 1.807) is 35.2 Å². The van der Waals surface area contributed by atoms with E-state index in [0.29, 0.717) is 23.6 Å². The number of rotatable bonds is 9. The van der Waals surface area contributed by atoms with E-state index >= 15 is 0 Å². The molecule has 1 aromatic carbocycles. The van der Waals surface area contributed by atoms with Gasteiger partial charge in [0.2, 0.25) is 5.91 Å². The quantitative estimate of drug-likeness (QED) is 0.406. The van der Waals surface area contributed by atoms with Crippen molar-refractivity contribution in [1.82, 2.24) is 25.2 Å². The van der Waals surface area contributed by atoms with Gasteiger partial charge < -0.3 is 23.8 Å². The van der Waals surface area contributed by atoms with Gasteiger partial charge in [-0.15, -0.1) is 5.10 Å². The summed E-state index contributed by atoms with van der Waals surface area (Å²) in [4.78, 5) is 28.6. The Labute approximate surface area is 195 Å². The molecule has 1 aliphatic heterocycles. The maximum absolute atomic E-state index is 13.7. The standard InChI is InChI=1S/C24H25N5O5/c30-22(16-29-20-9-2-1-8-19(20)26-27-29)28(15-18-7-4-12-33-18)23(21-10-5-13-34-21)24(31)25-14-17-6-3-11-32-17/h1-3,5-6,8-11,13,18,23H,4,7,12,14-16H2,(H,25,31)/t18-,23-/m0/s1. The molecule has 2 atom stereocenters. The number of amides is 2. The number of ether oxygens (including phenoxy) is 1. The minimum atomic E-state index is -0.976. The van der Waals surface area contributed by atoms with Crippen molar-refractivity contribution < 1.29 is 23.2 Å². The van der Waals surface area contributed by atoms with Crippen molar-refractivity contribution in [3.05, 3.63) is 72.6 Å². The lowest BCUT2D eigenvalue weighted by Crippen LogP contribution is -2.47. The number of carbonyl (C=O) groups is 2. The van der Waals surface area contributed by atoms with E-state index in [0.717, 1.165) is 18.4 Å². The van der Waals surface area contributed by atoms with Crippen LogP contribution in [0.3, 0.4) is 0 Å². The molecule has 0 aliphatic carbocycles. The molecule has 1 aliphatic rings. The van der Waals surface area contributed by atoms with E-state index in [1.807, 2.05) is 24.3 Å². The summed E-state index contributed by atoms with van der Waals surface area (Å²) in [5.74, 6) is 0.311. The lowest BCUT2D eigenvalue weighted by Gasteiger charge is -2.31. The van der Waals surface area contributed by atoms with Crippen LogP contribution in [0.4, 0.5) is 0 Å². The van der Waals surface area contributed by atoms with Crippen molar-refractivity contribution in [1.29, 1.82) is 0 Å². The summed E-state index contributed by atoms with van der Waals surface area (Å²) >= 11 is 0. The lowest BCUT2D eigenvalue weighted by atomic mass is 10.1. The molecule has 176 valence electrons. The summed E-state index contributed by atoms with van der Waals surface area (Å²) in [5, 5.41) is 11.1. The number of benzene rings is 1. The van der Waals surface area contributed by atoms with E-state index in [1.165, 1.54) is 11.2 Å². The summed E-state index contributed by atoms with van der Waals surface area (Å²) in [6, 6.07) is 13.4. The van der Waals surface area contributed by atoms with E-state index in [9.17, 15) is 9.59 Å². The Morgan fingerprint density at radius 2 is 1.97 bits per heavy atom. The summed E-state index contributed by atoms with van der Waals surface area (Å²) in [6.45, 7) is 1.01. The number of nitrogens with zero attached hydrogens (tertiary/aromatic N) is 4. The molecule has 34 heavy (non-hydrogen) atoms. The number of hydrogen-bond acceptors (Lipinski definition) is 7. The molecule has 2 amide bonds. The zero-order valence-corrected chi connectivity index (χ0v) is 18.5. The lowest BCUT2D eigenvalue weighted by molar-refractivity contribution is -0.144. The van der Waals surface area contributed by atoms with Crippen molar-refractivity contribution in [2.24, 2.45) is 0 Å². The predicted molar refractivity (Wildman–Crippen MR) is 120 cm³/mol. The maximum atomic E-state index is 13.7. The first kappa shape index (κ1) is 21.9. The van der Waals surface area contributed by atoms with Gasteiger partial charge in [-0.2, -0.15) is 0 Å². The van der Waals surface area contributed by atoms with Crippen LogP contribution in [0.5, 0.6) is 0 Å². The van der Waals surface area contributed by atoms with Gasteiger partial charge in [-0.3, -0.25) is 9.59 Å². The van der Waals surface area contributed by atoms with Crippen LogP contribution in [0.25, 0.3) is 11.0 Å². The first-order valence-electron chi connectivity index (χ1n) is 11.2. The van der Waals surface area contributed by atoms with Gasteiger partial charge in [0.05, 0.1) is 30.7 Å². The van der Waals surface area contributed by atoms with Crippen LogP contribution < -0.4 is 5.32 Å². The molecule has 0 bridgehead atoms. The van der Waals surface area contributed by atoms with Crippen LogP contribution in [0.1, 0.15) is 30.4 Å². The van der Waals surface area contributed by atoms with Crippen LogP contribution in [0, 0.1) is 0 Å². The number of carbonyl (C=O) groups excluding carboxylic acids is 2. The van der Waals surface area contributed by atoms with Crippen molar-refractivity contribution in [2.75, 3.05) is 13.2 Å². The largest absolute Gasteiger partial charge is 0.467 e. The SMILES string of the molecule is O=C(NCc1ccco1)[C@H](c1ccco1)N(C[C@@H]1CCCO1)C(=O)Cn1nnc2ccccc21. The fourth-order valence-corrected chi connectivity index (χ4v) is 4.17. The second-order valence-electron chi connectivity index (χ2n) is 8.13. The Morgan fingerprint density at radius 1 is 1.12 bits per heavy atom. The topological polar surface area (TPSA) is 116 Å². The summed E-state index contributed by atoms with van der Waals surface area (Å²) in [5.41, 5.74) is 1.43. The molecule has 1 saturated heterocycles. The highest BCUT2D eigenvalue weighted by atomic mass is 16.5. The Balaban J connectivity index is 1.43. The summed E-state index contributed by atoms with van der Waals surface area (Å²) in [6.07, 6.45) is 4.60. The Kier molecular flexibility index (Phi) is 6.39. The van der Waals surface area contributed by atoms with Gasteiger partial charge in [-0.1, -0.05) is 17.3 Å². The van der Waals surface area contributed by atoms with Crippen molar-refractivity contribution in [3.8, 4) is 0 Å². The van der Waals surface area contributed by atoms with Gasteiger partial charge >= 0.3 is 0 Å². The molecule has 0 saturated carbocycles. The van der Waals surface area contributed by atoms with Crippen molar-refractivity contribution in [3.63, 3.8) is 0 Å². The van der Waals surface area contributed by atoms with Gasteiger partial charge in [0, 0.05) is 13.2 Å². The van der Waals surface area contributed by atoms with Gasteiger partial charge in [0.15, 0.2) is 6.04 Å². The molecule has 10 heteroatoms. The molecule has 0 spiro atoms. The molecule has 0 radical (unpaired) electrons. The van der Waals surface area contributed by atoms with Crippen LogP contribution in [-0.4, -0.2) is 51.0 Å². The first-order valence-corrected chi connectivity index (χ1v) is 11.2. The fourth-order valence-electron chi connectivity index (χ4n) is 4.17. The summed E-state index contributed by atoms with van der Waals surface area (Å²) in [7, 11) is 0. The second kappa shape index (κ2) is 9.92. The minimum Gasteiger partial charge on any atom is -0.467 e. The van der Waals surface area contributed by atoms with E-state index in [4.69, 9.17) is 13.6 Å². The number of fused-ring (bicyclic) bond motifs is 1. The van der Waals surface area contributed by atoms with Gasteiger partial charge in [-0.25, -0.2) is 4.68 Å². The van der Waals surface area contributed by atoms with Crippen molar-refractivity contribution >= 4 is 22.8 Å². The molecule has 5 rings (SSSR count). The average Bonchev–Trinajstić information content (AvgIpc) is 3.66. The van der Waals surface area contributed by atoms with Crippen LogP contribution in [-0.2, 0) is 27.4 Å². The highest BCUT2D eigenvalue weighted by molar-refractivity contribution is 5.88. The number of furan rings is 2. The Hall–Kier alpha value is -3.92. The predicted octanol–water partition coefficient (Wildman–Crippen LogP) is 2.68. The third-order valence-corrected chi connectivity index (χ3v) is 5.84. The molecule has 4 aromatic rings. The maximum Gasteiger partial charge on any atom is 0.251 e. The molecular weight excluding hydrogens is 438 g/mol. The highest BCUT2D eigenvalue weighted by Crippen LogP contribution is 2.26. The first-order chi connectivity index (χ1) is 16.7. The highest BCUT2D eigenvalue weighted by Gasteiger charge is 2.36. The number of nitrogens with one attached hydrogen (secondary N) is 1. The fraction of sp³-hybridized carbons (Fsp3) is 0.333. The van der Waals surface area contributed by atoms with Crippen molar-refractivity contribution in [2.45, 2.75) is 38.1 Å². The third-order valence-electron chi connectivity index (χ3n) is 5.84. The van der Waals surface area contributed by atoms with Gasteiger partial charge in [0.25, 0.3) is 5.91 Å². The monoisotopic (exact) mass is 463 g/mol. The van der Waals surface area contributed by atoms with Crippen LogP contribution in [0.15, 0.2) is 69.9 Å². The van der Waals surface area contributed by atoms with E-state index in [2.05, 4.69) is 15.6 Å². The van der Waals surface area contributed by atoms with Crippen LogP contribution in [0.2, 0.25) is 0 Å². The summed E-state index contributed by atoms with van der Waals surface area (Å²) < 4.78 is 18.3. The van der Waals surface area contributed by atoms with Crippen LogP contribution >= 0.6 is 0 Å². The molecule has 0 unspecified atom stereocenters. The molecule has 1 fully saturated rings. The molecule has 1 N–H and O–H groups in total. The Morgan fingerprint density at radius 3 is 2.74 bits per heavy atom. The second-order valence-corrected chi connectivity index (χ2v) is 8.13. The Bertz CT molecular complexity index is 1230. The number of hydrogen-bond donors (Lipinski definition) is 1. The van der Waals surface area contributed by atoms with E-state index < -0.39 is 6.04 Å². The van der Waals surface area contributed by atoms with E-state index in [-0.39, 0.29) is 37.6 Å². The molecule has 10 nitrogen and oxygen atoms in total. The van der Waals surface area contributed by atoms with Gasteiger partial charge in [0.1, 0.15) is 23.6 Å². The molecule has 3 aromatic heterocycles. The molecular formula is C24H25N5O5. The molecule has 4 heterocycles. The number of aromatic nitrogens is 3. The minimum absolute atomic E-state index is 0.0735. The van der Waals surface area contributed by atoms with Gasteiger partial charge in [-0.05, 0) is 49.2 Å². The number of para-hydroxylation sites is 1. The normalized spacial score (nSPS) is 16.5. The average molecular weight is 463 g/mol. The third kappa shape index (κ3) is 4.72. The smallest absolute Gasteiger partial charge is 0.251 e. The zero-order chi connectivity index (χ0) is 23.3. The zero-order valence-electron chi connectivity index (χ0n) is 18.5.